The molecule has 1 aliphatic carbocycles. The highest BCUT2D eigenvalue weighted by molar-refractivity contribution is 6.00. The third-order valence-electron chi connectivity index (χ3n) is 3.62. The molecule has 1 atom stereocenters. The number of hydrogen-bond acceptors (Lipinski definition) is 3. The van der Waals surface area contributed by atoms with Gasteiger partial charge in [-0.2, -0.15) is 0 Å². The van der Waals surface area contributed by atoms with E-state index in [1.165, 1.54) is 13.8 Å². The van der Waals surface area contributed by atoms with Crippen LogP contribution in [0, 0.1) is 16.0 Å². The largest absolute Gasteiger partial charge is 0.294 e. The van der Waals surface area contributed by atoms with Crippen molar-refractivity contribution in [2.45, 2.75) is 32.2 Å². The number of ketones is 1. The fraction of sp³-hybridized carbons (Fsp3) is 0.462. The third kappa shape index (κ3) is 1.84. The van der Waals surface area contributed by atoms with Crippen LogP contribution in [0.4, 0.5) is 0 Å². The minimum Gasteiger partial charge on any atom is -0.294 e. The standard InChI is InChI=1S/C13H15NO3/c1-13(2,14(16)17)11-8-7-9-5-3-4-6-10(9)12(11)15/h3-6,11H,7-8H2,1-2H3/t11-/m0/s1. The summed E-state index contributed by atoms with van der Waals surface area (Å²) in [5.41, 5.74) is 0.469. The zero-order valence-electron chi connectivity index (χ0n) is 9.97. The Bertz CT molecular complexity index is 479. The maximum absolute atomic E-state index is 12.3. The van der Waals surface area contributed by atoms with Crippen LogP contribution in [-0.2, 0) is 6.42 Å². The van der Waals surface area contributed by atoms with Gasteiger partial charge < -0.3 is 0 Å². The van der Waals surface area contributed by atoms with E-state index in [-0.39, 0.29) is 10.7 Å². The van der Waals surface area contributed by atoms with Crippen molar-refractivity contribution >= 4 is 5.78 Å². The molecule has 0 bridgehead atoms. The van der Waals surface area contributed by atoms with Crippen molar-refractivity contribution < 1.29 is 9.72 Å². The third-order valence-corrected chi connectivity index (χ3v) is 3.62. The molecule has 1 aliphatic rings. The van der Waals surface area contributed by atoms with Gasteiger partial charge in [0.1, 0.15) is 0 Å². The van der Waals surface area contributed by atoms with Crippen LogP contribution in [0.1, 0.15) is 36.2 Å². The number of Topliss-reactive ketones (excluding diaryl/α,β-unsaturated/α-hetero) is 1. The molecular formula is C13H15NO3. The predicted molar refractivity (Wildman–Crippen MR) is 63.7 cm³/mol. The summed E-state index contributed by atoms with van der Waals surface area (Å²) in [6.45, 7) is 3.06. The molecule has 4 heteroatoms. The molecule has 0 N–H and O–H groups in total. The second-order valence-corrected chi connectivity index (χ2v) is 5.02. The molecule has 0 spiro atoms. The van der Waals surface area contributed by atoms with E-state index in [0.29, 0.717) is 12.0 Å². The average Bonchev–Trinajstić information content (AvgIpc) is 2.29. The van der Waals surface area contributed by atoms with Gasteiger partial charge >= 0.3 is 0 Å². The van der Waals surface area contributed by atoms with Gasteiger partial charge in [0.25, 0.3) is 0 Å². The van der Waals surface area contributed by atoms with E-state index in [1.807, 2.05) is 12.1 Å². The highest BCUT2D eigenvalue weighted by atomic mass is 16.6. The number of fused-ring (bicyclic) bond motifs is 1. The van der Waals surface area contributed by atoms with Crippen LogP contribution in [0.25, 0.3) is 0 Å². The maximum Gasteiger partial charge on any atom is 0.226 e. The quantitative estimate of drug-likeness (QED) is 0.582. The maximum atomic E-state index is 12.3. The lowest BCUT2D eigenvalue weighted by Crippen LogP contribution is -2.45. The molecule has 1 aromatic carbocycles. The molecule has 0 aromatic heterocycles. The molecule has 90 valence electrons. The summed E-state index contributed by atoms with van der Waals surface area (Å²) in [5.74, 6) is -0.610. The summed E-state index contributed by atoms with van der Waals surface area (Å²) in [7, 11) is 0. The predicted octanol–water partition coefficient (Wildman–Crippen LogP) is 2.49. The molecule has 0 saturated carbocycles. The Morgan fingerprint density at radius 2 is 2.00 bits per heavy atom. The summed E-state index contributed by atoms with van der Waals surface area (Å²) >= 11 is 0. The lowest BCUT2D eigenvalue weighted by atomic mass is 9.73. The average molecular weight is 233 g/mol. The lowest BCUT2D eigenvalue weighted by Gasteiger charge is -2.29. The van der Waals surface area contributed by atoms with Crippen molar-refractivity contribution in [3.8, 4) is 0 Å². The van der Waals surface area contributed by atoms with E-state index in [4.69, 9.17) is 0 Å². The highest BCUT2D eigenvalue weighted by Gasteiger charge is 2.47. The number of nitro groups is 1. The summed E-state index contributed by atoms with van der Waals surface area (Å²) in [6.07, 6.45) is 1.30. The molecule has 2 rings (SSSR count). The minimum absolute atomic E-state index is 0.0893. The molecular weight excluding hydrogens is 218 g/mol. The Kier molecular flexibility index (Phi) is 2.73. The molecule has 1 aromatic rings. The van der Waals surface area contributed by atoms with Crippen LogP contribution in [0.2, 0.25) is 0 Å². The molecule has 0 aliphatic heterocycles. The zero-order valence-corrected chi connectivity index (χ0v) is 9.97. The van der Waals surface area contributed by atoms with Gasteiger partial charge in [-0.3, -0.25) is 14.9 Å². The SMILES string of the molecule is CC(C)([C@H]1CCc2ccccc2C1=O)[N+](=O)[O-]. The van der Waals surface area contributed by atoms with Gasteiger partial charge in [-0.25, -0.2) is 0 Å². The van der Waals surface area contributed by atoms with Gasteiger partial charge in [0.2, 0.25) is 5.54 Å². The Hall–Kier alpha value is -1.71. The number of aryl methyl sites for hydroxylation is 1. The van der Waals surface area contributed by atoms with Gasteiger partial charge in [-0.15, -0.1) is 0 Å². The van der Waals surface area contributed by atoms with Crippen molar-refractivity contribution in [1.82, 2.24) is 0 Å². The van der Waals surface area contributed by atoms with E-state index >= 15 is 0 Å². The minimum atomic E-state index is -1.19. The van der Waals surface area contributed by atoms with Gasteiger partial charge in [0.15, 0.2) is 5.78 Å². The van der Waals surface area contributed by atoms with Gasteiger partial charge in [0.05, 0.1) is 5.92 Å². The topological polar surface area (TPSA) is 60.2 Å². The molecule has 0 amide bonds. The first-order chi connectivity index (χ1) is 7.94. The van der Waals surface area contributed by atoms with Gasteiger partial charge in [0, 0.05) is 24.3 Å². The first-order valence-electron chi connectivity index (χ1n) is 5.71. The van der Waals surface area contributed by atoms with Crippen molar-refractivity contribution in [1.29, 1.82) is 0 Å². The van der Waals surface area contributed by atoms with Crippen molar-refractivity contribution in [3.63, 3.8) is 0 Å². The van der Waals surface area contributed by atoms with E-state index < -0.39 is 11.5 Å². The van der Waals surface area contributed by atoms with Gasteiger partial charge in [-0.05, 0) is 18.4 Å². The van der Waals surface area contributed by atoms with Crippen LogP contribution in [0.3, 0.4) is 0 Å². The van der Waals surface area contributed by atoms with E-state index in [1.54, 1.807) is 12.1 Å². The summed E-state index contributed by atoms with van der Waals surface area (Å²) in [4.78, 5) is 23.0. The Labute approximate surface area is 99.8 Å². The number of hydrogen-bond donors (Lipinski definition) is 0. The number of carbonyl (C=O) groups is 1. The first-order valence-corrected chi connectivity index (χ1v) is 5.71. The first kappa shape index (κ1) is 11.8. The summed E-state index contributed by atoms with van der Waals surface area (Å²) in [5, 5.41) is 11.0. The molecule has 17 heavy (non-hydrogen) atoms. The number of benzene rings is 1. The van der Waals surface area contributed by atoms with Crippen LogP contribution >= 0.6 is 0 Å². The molecule has 4 nitrogen and oxygen atoms in total. The molecule has 0 fully saturated rings. The van der Waals surface area contributed by atoms with Crippen LogP contribution in [-0.4, -0.2) is 16.2 Å². The Balaban J connectivity index is 2.39. The van der Waals surface area contributed by atoms with Crippen molar-refractivity contribution in [2.75, 3.05) is 0 Å². The molecule has 0 heterocycles. The lowest BCUT2D eigenvalue weighted by molar-refractivity contribution is -0.568. The second-order valence-electron chi connectivity index (χ2n) is 5.02. The second kappa shape index (κ2) is 3.95. The number of nitrogens with zero attached hydrogens (tertiary/aromatic N) is 1. The van der Waals surface area contributed by atoms with E-state index in [9.17, 15) is 14.9 Å². The number of carbonyl (C=O) groups excluding carboxylic acids is 1. The van der Waals surface area contributed by atoms with Crippen LogP contribution in [0.5, 0.6) is 0 Å². The van der Waals surface area contributed by atoms with E-state index in [0.717, 1.165) is 12.0 Å². The zero-order chi connectivity index (χ0) is 12.6. The van der Waals surface area contributed by atoms with Crippen molar-refractivity contribution in [2.24, 2.45) is 5.92 Å². The monoisotopic (exact) mass is 233 g/mol. The Morgan fingerprint density at radius 1 is 1.35 bits per heavy atom. The van der Waals surface area contributed by atoms with Crippen molar-refractivity contribution in [3.05, 3.63) is 45.5 Å². The smallest absolute Gasteiger partial charge is 0.226 e. The molecule has 0 unspecified atom stereocenters. The fourth-order valence-electron chi connectivity index (χ4n) is 2.40. The summed E-state index contributed by atoms with van der Waals surface area (Å²) in [6, 6.07) is 7.38. The molecule has 0 saturated heterocycles. The normalized spacial score (nSPS) is 19.9. The highest BCUT2D eigenvalue weighted by Crippen LogP contribution is 2.33. The van der Waals surface area contributed by atoms with Crippen LogP contribution in [0.15, 0.2) is 24.3 Å². The molecule has 0 radical (unpaired) electrons. The van der Waals surface area contributed by atoms with Gasteiger partial charge in [-0.1, -0.05) is 24.3 Å². The van der Waals surface area contributed by atoms with Crippen LogP contribution < -0.4 is 0 Å². The fourth-order valence-corrected chi connectivity index (χ4v) is 2.40. The summed E-state index contributed by atoms with van der Waals surface area (Å²) < 4.78 is 0. The number of rotatable bonds is 2. The van der Waals surface area contributed by atoms with E-state index in [2.05, 4.69) is 0 Å². The Morgan fingerprint density at radius 3 is 2.65 bits per heavy atom.